The molecule has 2 aromatic rings. The monoisotopic (exact) mass is 496 g/mol. The van der Waals surface area contributed by atoms with E-state index in [-0.39, 0.29) is 5.91 Å². The van der Waals surface area contributed by atoms with Crippen molar-refractivity contribution in [2.75, 3.05) is 14.2 Å². The first kappa shape index (κ1) is 21.4. The number of nitrogens with one attached hydrogen (secondary N) is 1. The lowest BCUT2D eigenvalue weighted by molar-refractivity contribution is -0.121. The number of hydrogen-bond donors (Lipinski definition) is 1. The van der Waals surface area contributed by atoms with Gasteiger partial charge in [-0.05, 0) is 92.6 Å². The fraction of sp³-hybridized carbons (Fsp3) is 0.300. The van der Waals surface area contributed by atoms with E-state index in [1.165, 1.54) is 11.1 Å². The number of aryl methyl sites for hydroxylation is 2. The molecule has 27 heavy (non-hydrogen) atoms. The van der Waals surface area contributed by atoms with Crippen molar-refractivity contribution in [3.05, 3.63) is 56.0 Å². The van der Waals surface area contributed by atoms with E-state index < -0.39 is 0 Å². The van der Waals surface area contributed by atoms with E-state index in [1.54, 1.807) is 20.4 Å². The maximum atomic E-state index is 12.0. The molecule has 144 valence electrons. The third-order valence-electron chi connectivity index (χ3n) is 4.03. The van der Waals surface area contributed by atoms with E-state index in [0.29, 0.717) is 12.2 Å². The fourth-order valence-electron chi connectivity index (χ4n) is 2.60. The number of carbonyl (C=O) groups excluding carboxylic acids is 1. The van der Waals surface area contributed by atoms with Crippen molar-refractivity contribution in [3.63, 3.8) is 0 Å². The number of carbonyl (C=O) groups is 1. The summed E-state index contributed by atoms with van der Waals surface area (Å²) in [5.41, 5.74) is 5.80. The molecule has 0 radical (unpaired) electrons. The molecule has 0 heterocycles. The van der Waals surface area contributed by atoms with E-state index in [0.717, 1.165) is 33.1 Å². The van der Waals surface area contributed by atoms with E-state index >= 15 is 0 Å². The lowest BCUT2D eigenvalue weighted by Crippen LogP contribution is -2.17. The Bertz CT molecular complexity index is 815. The molecule has 1 N–H and O–H groups in total. The highest BCUT2D eigenvalue weighted by atomic mass is 79.9. The summed E-state index contributed by atoms with van der Waals surface area (Å²) in [6.07, 6.45) is 3.61. The number of rotatable bonds is 8. The van der Waals surface area contributed by atoms with Crippen LogP contribution in [0.3, 0.4) is 0 Å². The third-order valence-corrected chi connectivity index (χ3v) is 5.21. The molecule has 0 aliphatic heterocycles. The maximum absolute atomic E-state index is 12.0. The van der Waals surface area contributed by atoms with Gasteiger partial charge in [-0.3, -0.25) is 4.79 Å². The third kappa shape index (κ3) is 6.36. The van der Waals surface area contributed by atoms with Gasteiger partial charge in [0.2, 0.25) is 5.91 Å². The number of methoxy groups -OCH3 is 2. The molecule has 0 fully saturated rings. The SMILES string of the molecule is COc1ccc(CCCC(=O)N/N=C\c2cc(Br)c(OC)c(Br)c2)c(C)c1. The Kier molecular flexibility index (Phi) is 8.31. The summed E-state index contributed by atoms with van der Waals surface area (Å²) in [6.45, 7) is 2.05. The van der Waals surface area contributed by atoms with Crippen molar-refractivity contribution in [1.29, 1.82) is 0 Å². The van der Waals surface area contributed by atoms with Gasteiger partial charge >= 0.3 is 0 Å². The Labute approximate surface area is 176 Å². The molecule has 0 aliphatic carbocycles. The zero-order chi connectivity index (χ0) is 19.8. The highest BCUT2D eigenvalue weighted by Gasteiger charge is 2.07. The Hall–Kier alpha value is -1.86. The zero-order valence-electron chi connectivity index (χ0n) is 15.5. The number of nitrogens with zero attached hydrogens (tertiary/aromatic N) is 1. The minimum atomic E-state index is -0.107. The highest BCUT2D eigenvalue weighted by Crippen LogP contribution is 2.33. The summed E-state index contributed by atoms with van der Waals surface area (Å²) >= 11 is 6.88. The normalized spacial score (nSPS) is 10.9. The van der Waals surface area contributed by atoms with Crippen LogP contribution in [0.2, 0.25) is 0 Å². The van der Waals surface area contributed by atoms with Gasteiger partial charge in [0.1, 0.15) is 11.5 Å². The first-order valence-corrected chi connectivity index (χ1v) is 10.0. The van der Waals surface area contributed by atoms with Crippen molar-refractivity contribution in [2.45, 2.75) is 26.2 Å². The van der Waals surface area contributed by atoms with Crippen molar-refractivity contribution >= 4 is 44.0 Å². The Balaban J connectivity index is 1.82. The van der Waals surface area contributed by atoms with Gasteiger partial charge in [0.05, 0.1) is 29.4 Å². The minimum Gasteiger partial charge on any atom is -0.497 e. The van der Waals surface area contributed by atoms with Crippen LogP contribution in [0.5, 0.6) is 11.5 Å². The number of ether oxygens (including phenoxy) is 2. The van der Waals surface area contributed by atoms with Gasteiger partial charge < -0.3 is 9.47 Å². The molecular formula is C20H22Br2N2O3. The fourth-order valence-corrected chi connectivity index (χ4v) is 4.14. The van der Waals surface area contributed by atoms with Crippen LogP contribution in [0.1, 0.15) is 29.5 Å². The highest BCUT2D eigenvalue weighted by molar-refractivity contribution is 9.11. The lowest BCUT2D eigenvalue weighted by atomic mass is 10.0. The molecule has 0 bridgehead atoms. The van der Waals surface area contributed by atoms with Crippen LogP contribution in [0.4, 0.5) is 0 Å². The van der Waals surface area contributed by atoms with Gasteiger partial charge in [0.25, 0.3) is 0 Å². The quantitative estimate of drug-likeness (QED) is 0.412. The van der Waals surface area contributed by atoms with E-state index in [9.17, 15) is 4.79 Å². The molecular weight excluding hydrogens is 476 g/mol. The topological polar surface area (TPSA) is 59.9 Å². The Morgan fingerprint density at radius 2 is 1.85 bits per heavy atom. The predicted molar refractivity (Wildman–Crippen MR) is 115 cm³/mol. The van der Waals surface area contributed by atoms with Crippen LogP contribution in [0, 0.1) is 6.92 Å². The molecule has 2 rings (SSSR count). The molecule has 0 aliphatic rings. The first-order chi connectivity index (χ1) is 12.9. The van der Waals surface area contributed by atoms with E-state index in [1.807, 2.05) is 37.3 Å². The lowest BCUT2D eigenvalue weighted by Gasteiger charge is -2.08. The second kappa shape index (κ2) is 10.5. The summed E-state index contributed by atoms with van der Waals surface area (Å²) in [4.78, 5) is 12.0. The standard InChI is InChI=1S/C20H22Br2N2O3/c1-13-9-16(26-2)8-7-15(13)5-4-6-19(25)24-23-12-14-10-17(21)20(27-3)18(22)11-14/h7-12H,4-6H2,1-3H3,(H,24,25)/b23-12-. The summed E-state index contributed by atoms with van der Waals surface area (Å²) < 4.78 is 12.1. The maximum Gasteiger partial charge on any atom is 0.240 e. The van der Waals surface area contributed by atoms with Crippen LogP contribution < -0.4 is 14.9 Å². The average molecular weight is 498 g/mol. The Morgan fingerprint density at radius 1 is 1.15 bits per heavy atom. The number of hydrazone groups is 1. The molecule has 1 amide bonds. The summed E-state index contributed by atoms with van der Waals surface area (Å²) in [5.74, 6) is 1.45. The molecule has 0 saturated heterocycles. The first-order valence-electron chi connectivity index (χ1n) is 8.43. The number of hydrogen-bond acceptors (Lipinski definition) is 4. The molecule has 0 saturated carbocycles. The average Bonchev–Trinajstić information content (AvgIpc) is 2.63. The largest absolute Gasteiger partial charge is 0.497 e. The summed E-state index contributed by atoms with van der Waals surface area (Å²) in [7, 11) is 3.26. The van der Waals surface area contributed by atoms with E-state index in [4.69, 9.17) is 9.47 Å². The van der Waals surface area contributed by atoms with Crippen LogP contribution in [0.25, 0.3) is 0 Å². The molecule has 0 spiro atoms. The molecule has 0 atom stereocenters. The molecule has 7 heteroatoms. The number of benzene rings is 2. The minimum absolute atomic E-state index is 0.107. The molecule has 0 aromatic heterocycles. The number of amides is 1. The second-order valence-electron chi connectivity index (χ2n) is 5.96. The number of halogens is 2. The van der Waals surface area contributed by atoms with Gasteiger partial charge in [-0.15, -0.1) is 0 Å². The van der Waals surface area contributed by atoms with Gasteiger partial charge in [-0.1, -0.05) is 6.07 Å². The second-order valence-corrected chi connectivity index (χ2v) is 7.67. The van der Waals surface area contributed by atoms with Crippen LogP contribution in [-0.2, 0) is 11.2 Å². The Morgan fingerprint density at radius 3 is 2.44 bits per heavy atom. The van der Waals surface area contributed by atoms with Crippen molar-refractivity contribution in [1.82, 2.24) is 5.43 Å². The molecule has 0 unspecified atom stereocenters. The summed E-state index contributed by atoms with van der Waals surface area (Å²) in [5, 5.41) is 4.02. The zero-order valence-corrected chi connectivity index (χ0v) is 18.7. The van der Waals surface area contributed by atoms with E-state index in [2.05, 4.69) is 42.4 Å². The van der Waals surface area contributed by atoms with Gasteiger partial charge in [0, 0.05) is 6.42 Å². The van der Waals surface area contributed by atoms with Gasteiger partial charge in [-0.2, -0.15) is 5.10 Å². The predicted octanol–water partition coefficient (Wildman–Crippen LogP) is 5.01. The summed E-state index contributed by atoms with van der Waals surface area (Å²) in [6, 6.07) is 9.73. The van der Waals surface area contributed by atoms with Crippen LogP contribution in [-0.4, -0.2) is 26.3 Å². The van der Waals surface area contributed by atoms with Crippen LogP contribution >= 0.6 is 31.9 Å². The van der Waals surface area contributed by atoms with Crippen molar-refractivity contribution in [3.8, 4) is 11.5 Å². The van der Waals surface area contributed by atoms with Crippen LogP contribution in [0.15, 0.2) is 44.4 Å². The van der Waals surface area contributed by atoms with Crippen molar-refractivity contribution < 1.29 is 14.3 Å². The van der Waals surface area contributed by atoms with Crippen molar-refractivity contribution in [2.24, 2.45) is 5.10 Å². The molecule has 5 nitrogen and oxygen atoms in total. The smallest absolute Gasteiger partial charge is 0.240 e. The van der Waals surface area contributed by atoms with Gasteiger partial charge in [0.15, 0.2) is 0 Å². The van der Waals surface area contributed by atoms with Gasteiger partial charge in [-0.25, -0.2) is 5.43 Å². The molecule has 2 aromatic carbocycles.